The first-order valence-corrected chi connectivity index (χ1v) is 5.04. The third kappa shape index (κ3) is 1.45. The number of benzene rings is 1. The van der Waals surface area contributed by atoms with Gasteiger partial charge < -0.3 is 5.11 Å². The fourth-order valence-corrected chi connectivity index (χ4v) is 1.96. The zero-order chi connectivity index (χ0) is 10.1. The number of carboxylic acids is 1. The Balaban J connectivity index is 2.88. The van der Waals surface area contributed by atoms with Crippen LogP contribution in [0.3, 0.4) is 0 Å². The van der Waals surface area contributed by atoms with Crippen LogP contribution in [0.1, 0.15) is 10.4 Å². The first kappa shape index (κ1) is 9.39. The molecule has 0 spiro atoms. The smallest absolute Gasteiger partial charge is 0.336 e. The summed E-state index contributed by atoms with van der Waals surface area (Å²) in [5.41, 5.74) is 1.04. The number of fused-ring (bicyclic) bond motifs is 1. The van der Waals surface area contributed by atoms with Crippen molar-refractivity contribution in [2.45, 2.75) is 0 Å². The SMILES string of the molecule is O=C(O)c1ccnc2c(I)cccc12. The van der Waals surface area contributed by atoms with Crippen molar-refractivity contribution in [3.8, 4) is 0 Å². The molecule has 1 aromatic heterocycles. The highest BCUT2D eigenvalue weighted by Gasteiger charge is 2.09. The van der Waals surface area contributed by atoms with Crippen LogP contribution in [0, 0.1) is 3.57 Å². The second kappa shape index (κ2) is 3.53. The summed E-state index contributed by atoms with van der Waals surface area (Å²) in [6.07, 6.45) is 1.52. The van der Waals surface area contributed by atoms with Gasteiger partial charge in [-0.1, -0.05) is 12.1 Å². The second-order valence-corrected chi connectivity index (χ2v) is 3.96. The number of pyridine rings is 1. The lowest BCUT2D eigenvalue weighted by molar-refractivity contribution is 0.0699. The summed E-state index contributed by atoms with van der Waals surface area (Å²) < 4.78 is 0.961. The van der Waals surface area contributed by atoms with Crippen LogP contribution < -0.4 is 0 Å². The van der Waals surface area contributed by atoms with Crippen LogP contribution in [0.4, 0.5) is 0 Å². The van der Waals surface area contributed by atoms with Gasteiger partial charge in [-0.3, -0.25) is 4.98 Å². The van der Waals surface area contributed by atoms with E-state index in [2.05, 4.69) is 27.6 Å². The van der Waals surface area contributed by atoms with Crippen molar-refractivity contribution in [3.05, 3.63) is 39.6 Å². The minimum absolute atomic E-state index is 0.300. The molecule has 0 aliphatic heterocycles. The quantitative estimate of drug-likeness (QED) is 0.823. The van der Waals surface area contributed by atoms with Crippen molar-refractivity contribution in [2.24, 2.45) is 0 Å². The number of para-hydroxylation sites is 1. The molecule has 2 aromatic rings. The van der Waals surface area contributed by atoms with Crippen molar-refractivity contribution >= 4 is 39.5 Å². The molecule has 70 valence electrons. The number of hydrogen-bond donors (Lipinski definition) is 1. The second-order valence-electron chi connectivity index (χ2n) is 2.80. The molecule has 3 nitrogen and oxygen atoms in total. The fraction of sp³-hybridized carbons (Fsp3) is 0. The Morgan fingerprint density at radius 2 is 2.14 bits per heavy atom. The van der Waals surface area contributed by atoms with E-state index in [1.54, 1.807) is 6.07 Å². The molecule has 1 N–H and O–H groups in total. The molecule has 0 radical (unpaired) electrons. The maximum atomic E-state index is 10.9. The number of carboxylic acid groups (broad SMARTS) is 1. The van der Waals surface area contributed by atoms with Crippen molar-refractivity contribution in [1.29, 1.82) is 0 Å². The van der Waals surface area contributed by atoms with E-state index in [-0.39, 0.29) is 0 Å². The lowest BCUT2D eigenvalue weighted by Gasteiger charge is -2.02. The maximum absolute atomic E-state index is 10.9. The van der Waals surface area contributed by atoms with Crippen LogP contribution in [0.5, 0.6) is 0 Å². The molecule has 0 saturated heterocycles. The van der Waals surface area contributed by atoms with Crippen LogP contribution in [0.15, 0.2) is 30.5 Å². The van der Waals surface area contributed by atoms with E-state index in [1.807, 2.05) is 12.1 Å². The molecule has 0 amide bonds. The molecule has 2 rings (SSSR count). The van der Waals surface area contributed by atoms with Gasteiger partial charge in [-0.05, 0) is 34.7 Å². The van der Waals surface area contributed by atoms with E-state index in [4.69, 9.17) is 5.11 Å². The zero-order valence-electron chi connectivity index (χ0n) is 7.07. The normalized spacial score (nSPS) is 10.4. The van der Waals surface area contributed by atoms with Gasteiger partial charge in [0.25, 0.3) is 0 Å². The molecule has 1 aromatic carbocycles. The van der Waals surface area contributed by atoms with Crippen molar-refractivity contribution in [3.63, 3.8) is 0 Å². The molecule has 0 fully saturated rings. The van der Waals surface area contributed by atoms with Gasteiger partial charge >= 0.3 is 5.97 Å². The lowest BCUT2D eigenvalue weighted by Crippen LogP contribution is -1.98. The van der Waals surface area contributed by atoms with Crippen LogP contribution in [0.25, 0.3) is 10.9 Å². The van der Waals surface area contributed by atoms with E-state index in [0.29, 0.717) is 10.9 Å². The van der Waals surface area contributed by atoms with Crippen LogP contribution >= 0.6 is 22.6 Å². The van der Waals surface area contributed by atoms with Crippen molar-refractivity contribution < 1.29 is 9.90 Å². The highest BCUT2D eigenvalue weighted by atomic mass is 127. The zero-order valence-corrected chi connectivity index (χ0v) is 9.22. The summed E-state index contributed by atoms with van der Waals surface area (Å²) in [7, 11) is 0. The standard InChI is InChI=1S/C10H6INO2/c11-8-3-1-2-6-7(10(13)14)4-5-12-9(6)8/h1-5H,(H,13,14). The van der Waals surface area contributed by atoms with E-state index < -0.39 is 5.97 Å². The number of rotatable bonds is 1. The summed E-state index contributed by atoms with van der Waals surface area (Å²) in [4.78, 5) is 15.0. The first-order chi connectivity index (χ1) is 6.70. The topological polar surface area (TPSA) is 50.2 Å². The van der Waals surface area contributed by atoms with Gasteiger partial charge in [-0.15, -0.1) is 0 Å². The van der Waals surface area contributed by atoms with Gasteiger partial charge in [0.05, 0.1) is 11.1 Å². The predicted molar refractivity (Wildman–Crippen MR) is 61.4 cm³/mol. The third-order valence-electron chi connectivity index (χ3n) is 1.95. The predicted octanol–water partition coefficient (Wildman–Crippen LogP) is 2.54. The number of aromatic carboxylic acids is 1. The monoisotopic (exact) mass is 299 g/mol. The van der Waals surface area contributed by atoms with Gasteiger partial charge in [0.1, 0.15) is 0 Å². The molecule has 0 aliphatic carbocycles. The Kier molecular flexibility index (Phi) is 2.37. The van der Waals surface area contributed by atoms with Gasteiger partial charge in [-0.2, -0.15) is 0 Å². The average molecular weight is 299 g/mol. The molecule has 4 heteroatoms. The van der Waals surface area contributed by atoms with E-state index >= 15 is 0 Å². The molecular weight excluding hydrogens is 293 g/mol. The molecule has 1 heterocycles. The Bertz CT molecular complexity index is 510. The highest BCUT2D eigenvalue weighted by molar-refractivity contribution is 14.1. The molecule has 14 heavy (non-hydrogen) atoms. The minimum Gasteiger partial charge on any atom is -0.478 e. The summed E-state index contributed by atoms with van der Waals surface area (Å²) >= 11 is 2.14. The fourth-order valence-electron chi connectivity index (χ4n) is 1.33. The Labute approximate surface area is 93.9 Å². The van der Waals surface area contributed by atoms with Gasteiger partial charge in [0.2, 0.25) is 0 Å². The lowest BCUT2D eigenvalue weighted by atomic mass is 10.1. The van der Waals surface area contributed by atoms with Gasteiger partial charge in [0.15, 0.2) is 0 Å². The van der Waals surface area contributed by atoms with Gasteiger partial charge in [-0.25, -0.2) is 4.79 Å². The number of aromatic nitrogens is 1. The van der Waals surface area contributed by atoms with E-state index in [9.17, 15) is 4.79 Å². The first-order valence-electron chi connectivity index (χ1n) is 3.96. The minimum atomic E-state index is -0.917. The maximum Gasteiger partial charge on any atom is 0.336 e. The molecular formula is C10H6INO2. The third-order valence-corrected chi connectivity index (χ3v) is 2.82. The average Bonchev–Trinajstić information content (AvgIpc) is 2.17. The van der Waals surface area contributed by atoms with Crippen molar-refractivity contribution in [2.75, 3.05) is 0 Å². The largest absolute Gasteiger partial charge is 0.478 e. The van der Waals surface area contributed by atoms with E-state index in [1.165, 1.54) is 12.3 Å². The summed E-state index contributed by atoms with van der Waals surface area (Å²) in [6, 6.07) is 7.02. The highest BCUT2D eigenvalue weighted by Crippen LogP contribution is 2.21. The van der Waals surface area contributed by atoms with Gasteiger partial charge in [0, 0.05) is 15.2 Å². The molecule has 0 saturated carbocycles. The molecule has 0 unspecified atom stereocenters. The molecule has 0 atom stereocenters. The van der Waals surface area contributed by atoms with Crippen molar-refractivity contribution in [1.82, 2.24) is 4.98 Å². The van der Waals surface area contributed by atoms with E-state index in [0.717, 1.165) is 9.09 Å². The Hall–Kier alpha value is -1.17. The number of halogens is 1. The van der Waals surface area contributed by atoms with Crippen LogP contribution in [-0.2, 0) is 0 Å². The summed E-state index contributed by atoms with van der Waals surface area (Å²) in [5.74, 6) is -0.917. The van der Waals surface area contributed by atoms with Crippen LogP contribution in [0.2, 0.25) is 0 Å². The number of nitrogens with zero attached hydrogens (tertiary/aromatic N) is 1. The Morgan fingerprint density at radius 3 is 2.86 bits per heavy atom. The summed E-state index contributed by atoms with van der Waals surface area (Å²) in [6.45, 7) is 0. The number of carbonyl (C=O) groups is 1. The van der Waals surface area contributed by atoms with Crippen LogP contribution in [-0.4, -0.2) is 16.1 Å². The molecule has 0 bridgehead atoms. The summed E-state index contributed by atoms with van der Waals surface area (Å²) in [5, 5.41) is 9.63. The number of hydrogen-bond acceptors (Lipinski definition) is 2. The molecule has 0 aliphatic rings. The Morgan fingerprint density at radius 1 is 1.36 bits per heavy atom.